The molecule has 0 aliphatic carbocycles. The molecule has 0 amide bonds. The van der Waals surface area contributed by atoms with Crippen molar-refractivity contribution in [2.75, 3.05) is 0 Å². The Balaban J connectivity index is 2.36. The molecule has 2 aromatic heterocycles. The van der Waals surface area contributed by atoms with E-state index in [0.717, 1.165) is 10.2 Å². The van der Waals surface area contributed by atoms with Crippen LogP contribution in [-0.2, 0) is 6.54 Å². The van der Waals surface area contributed by atoms with Crippen LogP contribution in [0.3, 0.4) is 0 Å². The topological polar surface area (TPSA) is 47.8 Å². The van der Waals surface area contributed by atoms with E-state index in [1.165, 1.54) is 10.6 Å². The third-order valence-corrected chi connectivity index (χ3v) is 2.94. The molecule has 0 bridgehead atoms. The summed E-state index contributed by atoms with van der Waals surface area (Å²) in [5, 5.41) is 0.215. The molecule has 0 unspecified atom stereocenters. The molecule has 0 atom stereocenters. The minimum absolute atomic E-state index is 0.174. The van der Waals surface area contributed by atoms with E-state index >= 15 is 0 Å². The summed E-state index contributed by atoms with van der Waals surface area (Å²) in [4.78, 5) is 20.0. The lowest BCUT2D eigenvalue weighted by atomic mass is 10.3. The van der Waals surface area contributed by atoms with Crippen molar-refractivity contribution in [3.8, 4) is 0 Å². The molecule has 88 valence electrons. The molecule has 0 aliphatic heterocycles. The van der Waals surface area contributed by atoms with Gasteiger partial charge in [0.1, 0.15) is 11.0 Å². The Hall–Kier alpha value is -1.20. The van der Waals surface area contributed by atoms with Crippen molar-refractivity contribution >= 4 is 27.5 Å². The molecular formula is C11H9BrClN3O. The van der Waals surface area contributed by atoms with Crippen molar-refractivity contribution < 1.29 is 0 Å². The van der Waals surface area contributed by atoms with E-state index in [4.69, 9.17) is 11.6 Å². The zero-order valence-corrected chi connectivity index (χ0v) is 11.4. The maximum Gasteiger partial charge on any atom is 0.255 e. The minimum atomic E-state index is -0.174. The second-order valence-corrected chi connectivity index (χ2v) is 4.82. The highest BCUT2D eigenvalue weighted by Crippen LogP contribution is 2.09. The first-order valence-electron chi connectivity index (χ1n) is 4.90. The van der Waals surface area contributed by atoms with Gasteiger partial charge in [-0.1, -0.05) is 11.6 Å². The quantitative estimate of drug-likeness (QED) is 0.800. The van der Waals surface area contributed by atoms with Crippen molar-refractivity contribution in [1.29, 1.82) is 0 Å². The van der Waals surface area contributed by atoms with E-state index in [2.05, 4.69) is 25.9 Å². The second-order valence-electron chi connectivity index (χ2n) is 3.52. The van der Waals surface area contributed by atoms with Gasteiger partial charge in [0.05, 0.1) is 12.2 Å². The largest absolute Gasteiger partial charge is 0.291 e. The molecule has 6 heteroatoms. The van der Waals surface area contributed by atoms with E-state index in [0.29, 0.717) is 12.4 Å². The Morgan fingerprint density at radius 2 is 2.24 bits per heavy atom. The first kappa shape index (κ1) is 12.3. The predicted molar refractivity (Wildman–Crippen MR) is 69.3 cm³/mol. The Morgan fingerprint density at radius 3 is 2.82 bits per heavy atom. The summed E-state index contributed by atoms with van der Waals surface area (Å²) in [5.41, 5.74) is 0.620. The van der Waals surface area contributed by atoms with Crippen LogP contribution in [0.2, 0.25) is 5.15 Å². The lowest BCUT2D eigenvalue weighted by molar-refractivity contribution is 0.686. The fraction of sp³-hybridized carbons (Fsp3) is 0.182. The SMILES string of the molecule is Cc1nc(Cl)cc(=O)n1Cc1ccc(Br)cn1. The number of rotatable bonds is 2. The van der Waals surface area contributed by atoms with E-state index in [1.54, 1.807) is 13.1 Å². The molecule has 0 aliphatic rings. The van der Waals surface area contributed by atoms with Crippen LogP contribution in [-0.4, -0.2) is 14.5 Å². The smallest absolute Gasteiger partial charge is 0.255 e. The van der Waals surface area contributed by atoms with Gasteiger partial charge in [-0.2, -0.15) is 0 Å². The van der Waals surface area contributed by atoms with Gasteiger partial charge in [-0.3, -0.25) is 14.3 Å². The number of hydrogen-bond acceptors (Lipinski definition) is 3. The average Bonchev–Trinajstić information content (AvgIpc) is 2.26. The number of halogens is 2. The van der Waals surface area contributed by atoms with Gasteiger partial charge in [-0.15, -0.1) is 0 Å². The third-order valence-electron chi connectivity index (χ3n) is 2.28. The molecule has 0 saturated carbocycles. The molecule has 0 N–H and O–H groups in total. The van der Waals surface area contributed by atoms with E-state index in [-0.39, 0.29) is 10.7 Å². The van der Waals surface area contributed by atoms with Crippen LogP contribution >= 0.6 is 27.5 Å². The first-order valence-corrected chi connectivity index (χ1v) is 6.08. The normalized spacial score (nSPS) is 10.5. The Morgan fingerprint density at radius 1 is 1.47 bits per heavy atom. The number of aryl methyl sites for hydroxylation is 1. The lowest BCUT2D eigenvalue weighted by Crippen LogP contribution is -2.23. The summed E-state index contributed by atoms with van der Waals surface area (Å²) in [7, 11) is 0. The van der Waals surface area contributed by atoms with Gasteiger partial charge in [-0.25, -0.2) is 4.98 Å². The second kappa shape index (κ2) is 4.98. The van der Waals surface area contributed by atoms with Crippen molar-refractivity contribution in [1.82, 2.24) is 14.5 Å². The Kier molecular flexibility index (Phi) is 3.59. The predicted octanol–water partition coefficient (Wildman–Crippen LogP) is 2.41. The molecule has 0 aromatic carbocycles. The molecule has 0 fully saturated rings. The van der Waals surface area contributed by atoms with Crippen molar-refractivity contribution in [2.24, 2.45) is 0 Å². The van der Waals surface area contributed by atoms with Crippen molar-refractivity contribution in [3.05, 3.63) is 55.9 Å². The maximum absolute atomic E-state index is 11.7. The maximum atomic E-state index is 11.7. The molecule has 0 spiro atoms. The highest BCUT2D eigenvalue weighted by molar-refractivity contribution is 9.10. The average molecular weight is 315 g/mol. The molecular weight excluding hydrogens is 305 g/mol. The summed E-state index contributed by atoms with van der Waals surface area (Å²) < 4.78 is 2.43. The number of hydrogen-bond donors (Lipinski definition) is 0. The van der Waals surface area contributed by atoms with Gasteiger partial charge in [0, 0.05) is 16.7 Å². The van der Waals surface area contributed by atoms with Gasteiger partial charge in [-0.05, 0) is 35.0 Å². The van der Waals surface area contributed by atoms with Crippen molar-refractivity contribution in [2.45, 2.75) is 13.5 Å². The summed E-state index contributed by atoms with van der Waals surface area (Å²) in [5.74, 6) is 0.576. The summed E-state index contributed by atoms with van der Waals surface area (Å²) in [6.45, 7) is 2.13. The van der Waals surface area contributed by atoms with Gasteiger partial charge < -0.3 is 0 Å². The number of pyridine rings is 1. The zero-order valence-electron chi connectivity index (χ0n) is 9.02. The van der Waals surface area contributed by atoms with E-state index < -0.39 is 0 Å². The van der Waals surface area contributed by atoms with Gasteiger partial charge in [0.15, 0.2) is 0 Å². The fourth-order valence-electron chi connectivity index (χ4n) is 1.44. The summed E-state index contributed by atoms with van der Waals surface area (Å²) >= 11 is 9.01. The van der Waals surface area contributed by atoms with Crippen molar-refractivity contribution in [3.63, 3.8) is 0 Å². The molecule has 17 heavy (non-hydrogen) atoms. The molecule has 2 rings (SSSR count). The van der Waals surface area contributed by atoms with Gasteiger partial charge >= 0.3 is 0 Å². The van der Waals surface area contributed by atoms with Crippen LogP contribution in [0.5, 0.6) is 0 Å². The number of nitrogens with zero attached hydrogens (tertiary/aromatic N) is 3. The van der Waals surface area contributed by atoms with Crippen LogP contribution in [0.4, 0.5) is 0 Å². The highest BCUT2D eigenvalue weighted by atomic mass is 79.9. The standard InChI is InChI=1S/C11H9BrClN3O/c1-7-15-10(13)4-11(17)16(7)6-9-3-2-8(12)5-14-9/h2-5H,6H2,1H3. The zero-order chi connectivity index (χ0) is 12.4. The Bertz CT molecular complexity index is 595. The third kappa shape index (κ3) is 2.92. The molecule has 0 saturated heterocycles. The molecule has 4 nitrogen and oxygen atoms in total. The van der Waals surface area contributed by atoms with Crippen LogP contribution < -0.4 is 5.56 Å². The van der Waals surface area contributed by atoms with Gasteiger partial charge in [0.25, 0.3) is 5.56 Å². The highest BCUT2D eigenvalue weighted by Gasteiger charge is 2.05. The lowest BCUT2D eigenvalue weighted by Gasteiger charge is -2.08. The molecule has 2 aromatic rings. The monoisotopic (exact) mass is 313 g/mol. The number of aromatic nitrogens is 3. The molecule has 2 heterocycles. The Labute approximate surface area is 111 Å². The van der Waals surface area contributed by atoms with Crippen LogP contribution in [0.15, 0.2) is 33.7 Å². The fourth-order valence-corrected chi connectivity index (χ4v) is 1.89. The van der Waals surface area contributed by atoms with Crippen LogP contribution in [0, 0.1) is 6.92 Å². The summed E-state index contributed by atoms with van der Waals surface area (Å²) in [6.07, 6.45) is 1.69. The first-order chi connectivity index (χ1) is 8.06. The van der Waals surface area contributed by atoms with Crippen LogP contribution in [0.1, 0.15) is 11.5 Å². The van der Waals surface area contributed by atoms with E-state index in [1.807, 2.05) is 12.1 Å². The van der Waals surface area contributed by atoms with Gasteiger partial charge in [0.2, 0.25) is 0 Å². The summed E-state index contributed by atoms with van der Waals surface area (Å²) in [6, 6.07) is 5.03. The molecule has 0 radical (unpaired) electrons. The van der Waals surface area contributed by atoms with E-state index in [9.17, 15) is 4.79 Å². The minimum Gasteiger partial charge on any atom is -0.291 e. The van der Waals surface area contributed by atoms with Crippen LogP contribution in [0.25, 0.3) is 0 Å².